The Hall–Kier alpha value is -0.440. The Morgan fingerprint density at radius 2 is 2.46 bits per heavy atom. The highest BCUT2D eigenvalue weighted by Gasteiger charge is 2.27. The molecule has 72 valence electrons. The zero-order valence-electron chi connectivity index (χ0n) is 8.45. The van der Waals surface area contributed by atoms with E-state index in [1.807, 2.05) is 11.8 Å². The topological polar surface area (TPSA) is 15.6 Å². The van der Waals surface area contributed by atoms with E-state index in [2.05, 4.69) is 36.9 Å². The summed E-state index contributed by atoms with van der Waals surface area (Å²) >= 11 is 1.85. The van der Waals surface area contributed by atoms with Crippen LogP contribution < -0.4 is 0 Å². The van der Waals surface area contributed by atoms with E-state index in [1.54, 1.807) is 0 Å². The first-order valence-corrected chi connectivity index (χ1v) is 5.70. The Morgan fingerprint density at radius 1 is 1.69 bits per heavy atom. The number of rotatable bonds is 2. The predicted octanol–water partition coefficient (Wildman–Crippen LogP) is 2.68. The maximum Gasteiger partial charge on any atom is 0.168 e. The lowest BCUT2D eigenvalue weighted by molar-refractivity contribution is 0.558. The van der Waals surface area contributed by atoms with Crippen molar-refractivity contribution in [2.75, 3.05) is 6.54 Å². The molecular formula is C10H16N2S. The van der Waals surface area contributed by atoms with Gasteiger partial charge in [0, 0.05) is 17.6 Å². The van der Waals surface area contributed by atoms with E-state index in [1.165, 1.54) is 16.5 Å². The number of hydrogen-bond acceptors (Lipinski definition) is 3. The number of amidine groups is 1. The Labute approximate surface area is 84.1 Å². The number of fused-ring (bicyclic) bond motifs is 1. The van der Waals surface area contributed by atoms with Crippen LogP contribution in [0.4, 0.5) is 0 Å². The van der Waals surface area contributed by atoms with Gasteiger partial charge in [0.25, 0.3) is 0 Å². The van der Waals surface area contributed by atoms with Gasteiger partial charge in [-0.15, -0.1) is 0 Å². The first kappa shape index (κ1) is 9.13. The molecule has 0 bridgehead atoms. The third kappa shape index (κ3) is 1.90. The molecule has 2 nitrogen and oxygen atoms in total. The predicted molar refractivity (Wildman–Crippen MR) is 58.7 cm³/mol. The van der Waals surface area contributed by atoms with Crippen LogP contribution in [-0.4, -0.2) is 22.7 Å². The number of allylic oxidation sites excluding steroid dienone is 1. The first-order valence-electron chi connectivity index (χ1n) is 4.88. The second kappa shape index (κ2) is 3.37. The summed E-state index contributed by atoms with van der Waals surface area (Å²) in [6.07, 6.45) is 3.46. The zero-order chi connectivity index (χ0) is 9.42. The molecule has 0 radical (unpaired) electrons. The molecule has 0 saturated heterocycles. The highest BCUT2D eigenvalue weighted by atomic mass is 32.2. The minimum Gasteiger partial charge on any atom is -0.325 e. The SMILES string of the molecule is CC(C)CC1=CN2CC(C)N=C2S1. The van der Waals surface area contributed by atoms with Crippen molar-refractivity contribution in [2.24, 2.45) is 10.9 Å². The van der Waals surface area contributed by atoms with E-state index in [0.717, 1.165) is 12.5 Å². The van der Waals surface area contributed by atoms with Crippen LogP contribution >= 0.6 is 11.8 Å². The molecule has 0 saturated carbocycles. The quantitative estimate of drug-likeness (QED) is 0.675. The van der Waals surface area contributed by atoms with Gasteiger partial charge < -0.3 is 4.90 Å². The molecule has 0 fully saturated rings. The number of aliphatic imine (C=N–C) groups is 1. The monoisotopic (exact) mass is 196 g/mol. The first-order chi connectivity index (χ1) is 6.15. The maximum atomic E-state index is 4.56. The standard InChI is InChI=1S/C10H16N2S/c1-7(2)4-9-6-12-5-8(3)11-10(12)13-9/h6-8H,4-5H2,1-3H3. The minimum atomic E-state index is 0.486. The molecular weight excluding hydrogens is 180 g/mol. The van der Waals surface area contributed by atoms with E-state index in [9.17, 15) is 0 Å². The van der Waals surface area contributed by atoms with Crippen molar-refractivity contribution in [3.8, 4) is 0 Å². The van der Waals surface area contributed by atoms with E-state index in [4.69, 9.17) is 0 Å². The number of hydrogen-bond donors (Lipinski definition) is 0. The molecule has 13 heavy (non-hydrogen) atoms. The van der Waals surface area contributed by atoms with Crippen molar-refractivity contribution in [3.05, 3.63) is 11.1 Å². The van der Waals surface area contributed by atoms with Gasteiger partial charge in [0.2, 0.25) is 0 Å². The van der Waals surface area contributed by atoms with Crippen LogP contribution in [0.15, 0.2) is 16.1 Å². The highest BCUT2D eigenvalue weighted by molar-refractivity contribution is 8.17. The third-order valence-corrected chi connectivity index (χ3v) is 3.23. The lowest BCUT2D eigenvalue weighted by atomic mass is 10.1. The van der Waals surface area contributed by atoms with Crippen LogP contribution in [0, 0.1) is 5.92 Å². The molecule has 2 heterocycles. The van der Waals surface area contributed by atoms with Gasteiger partial charge in [0.05, 0.1) is 6.04 Å². The fraction of sp³-hybridized carbons (Fsp3) is 0.700. The second-order valence-corrected chi connectivity index (χ2v) is 5.30. The summed E-state index contributed by atoms with van der Waals surface area (Å²) in [5.74, 6) is 0.747. The van der Waals surface area contributed by atoms with Crippen molar-refractivity contribution in [2.45, 2.75) is 33.2 Å². The summed E-state index contributed by atoms with van der Waals surface area (Å²) in [5.41, 5.74) is 0. The lowest BCUT2D eigenvalue weighted by Gasteiger charge is -2.06. The van der Waals surface area contributed by atoms with Crippen LogP contribution in [0.2, 0.25) is 0 Å². The zero-order valence-corrected chi connectivity index (χ0v) is 9.27. The summed E-state index contributed by atoms with van der Waals surface area (Å²) in [6.45, 7) is 7.76. The van der Waals surface area contributed by atoms with Gasteiger partial charge in [-0.2, -0.15) is 0 Å². The van der Waals surface area contributed by atoms with Crippen molar-refractivity contribution in [1.82, 2.24) is 4.90 Å². The average molecular weight is 196 g/mol. The second-order valence-electron chi connectivity index (χ2n) is 4.21. The largest absolute Gasteiger partial charge is 0.325 e. The van der Waals surface area contributed by atoms with Gasteiger partial charge in [-0.3, -0.25) is 4.99 Å². The minimum absolute atomic E-state index is 0.486. The Bertz CT molecular complexity index is 268. The summed E-state index contributed by atoms with van der Waals surface area (Å²) in [5, 5.41) is 1.21. The fourth-order valence-corrected chi connectivity index (χ4v) is 2.98. The van der Waals surface area contributed by atoms with Gasteiger partial charge in [-0.1, -0.05) is 25.6 Å². The van der Waals surface area contributed by atoms with Crippen molar-refractivity contribution in [3.63, 3.8) is 0 Å². The van der Waals surface area contributed by atoms with Crippen molar-refractivity contribution < 1.29 is 0 Å². The van der Waals surface area contributed by atoms with Crippen LogP contribution in [-0.2, 0) is 0 Å². The van der Waals surface area contributed by atoms with Gasteiger partial charge in [0.1, 0.15) is 0 Å². The Balaban J connectivity index is 2.00. The van der Waals surface area contributed by atoms with Crippen LogP contribution in [0.25, 0.3) is 0 Å². The van der Waals surface area contributed by atoms with Gasteiger partial charge in [-0.05, 0) is 19.3 Å². The molecule has 3 heteroatoms. The van der Waals surface area contributed by atoms with Gasteiger partial charge >= 0.3 is 0 Å². The fourth-order valence-electron chi connectivity index (χ4n) is 1.67. The summed E-state index contributed by atoms with van der Waals surface area (Å²) in [7, 11) is 0. The molecule has 0 amide bonds. The number of thioether (sulfide) groups is 1. The van der Waals surface area contributed by atoms with E-state index in [-0.39, 0.29) is 0 Å². The third-order valence-electron chi connectivity index (χ3n) is 2.17. The Morgan fingerprint density at radius 3 is 3.08 bits per heavy atom. The molecule has 0 N–H and O–H groups in total. The number of nitrogens with zero attached hydrogens (tertiary/aromatic N) is 2. The summed E-state index contributed by atoms with van der Waals surface area (Å²) in [4.78, 5) is 8.32. The maximum absolute atomic E-state index is 4.56. The van der Waals surface area contributed by atoms with Gasteiger partial charge in [-0.25, -0.2) is 0 Å². The molecule has 0 aromatic heterocycles. The van der Waals surface area contributed by atoms with Crippen LogP contribution in [0.1, 0.15) is 27.2 Å². The average Bonchev–Trinajstić information content (AvgIpc) is 2.41. The smallest absolute Gasteiger partial charge is 0.168 e. The Kier molecular flexibility index (Phi) is 2.37. The van der Waals surface area contributed by atoms with Crippen molar-refractivity contribution in [1.29, 1.82) is 0 Å². The van der Waals surface area contributed by atoms with E-state index in [0.29, 0.717) is 6.04 Å². The summed E-state index contributed by atoms with van der Waals surface area (Å²) in [6, 6.07) is 0.486. The van der Waals surface area contributed by atoms with E-state index >= 15 is 0 Å². The molecule has 1 atom stereocenters. The molecule has 0 aromatic carbocycles. The molecule has 0 aliphatic carbocycles. The van der Waals surface area contributed by atoms with Crippen LogP contribution in [0.5, 0.6) is 0 Å². The lowest BCUT2D eigenvalue weighted by Crippen LogP contribution is -2.17. The highest BCUT2D eigenvalue weighted by Crippen LogP contribution is 2.35. The normalized spacial score (nSPS) is 26.5. The molecule has 1 unspecified atom stereocenters. The van der Waals surface area contributed by atoms with E-state index < -0.39 is 0 Å². The van der Waals surface area contributed by atoms with Crippen molar-refractivity contribution >= 4 is 16.9 Å². The molecule has 2 rings (SSSR count). The molecule has 2 aliphatic rings. The molecule has 2 aliphatic heterocycles. The van der Waals surface area contributed by atoms with Gasteiger partial charge in [0.15, 0.2) is 5.17 Å². The summed E-state index contributed by atoms with van der Waals surface area (Å²) < 4.78 is 0. The molecule has 0 aromatic rings. The van der Waals surface area contributed by atoms with Crippen LogP contribution in [0.3, 0.4) is 0 Å². The molecule has 0 spiro atoms.